The number of rotatable bonds is 2. The summed E-state index contributed by atoms with van der Waals surface area (Å²) in [6.45, 7) is 5.50. The maximum absolute atomic E-state index is 12.4. The van der Waals surface area contributed by atoms with Crippen LogP contribution >= 0.6 is 0 Å². The third-order valence-electron chi connectivity index (χ3n) is 5.17. The van der Waals surface area contributed by atoms with Crippen LogP contribution in [0.4, 0.5) is 0 Å². The number of piperazine rings is 1. The highest BCUT2D eigenvalue weighted by Gasteiger charge is 2.34. The maximum atomic E-state index is 12.4. The number of carbonyl (C=O) groups excluding carboxylic acids is 1. The molecule has 2 aliphatic heterocycles. The number of nitrogens with one attached hydrogen (secondary N) is 1. The first-order valence-electron chi connectivity index (χ1n) is 8.07. The second kappa shape index (κ2) is 6.23. The van der Waals surface area contributed by atoms with Gasteiger partial charge in [0.15, 0.2) is 0 Å². The molecule has 1 saturated carbocycles. The van der Waals surface area contributed by atoms with E-state index >= 15 is 0 Å². The lowest BCUT2D eigenvalue weighted by Gasteiger charge is -2.44. The van der Waals surface area contributed by atoms with Gasteiger partial charge in [0, 0.05) is 32.2 Å². The zero-order chi connectivity index (χ0) is 13.1. The molecule has 3 aliphatic rings. The average molecular weight is 265 g/mol. The summed E-state index contributed by atoms with van der Waals surface area (Å²) in [5.74, 6) is 1.23. The van der Waals surface area contributed by atoms with Gasteiger partial charge in [0.25, 0.3) is 0 Å². The van der Waals surface area contributed by atoms with Crippen LogP contribution in [0.3, 0.4) is 0 Å². The summed E-state index contributed by atoms with van der Waals surface area (Å²) in [5.41, 5.74) is 0. The number of nitrogens with zero attached hydrogens (tertiary/aromatic N) is 2. The number of piperidine rings is 1. The molecule has 1 N–H and O–H groups in total. The van der Waals surface area contributed by atoms with Crippen molar-refractivity contribution in [1.82, 2.24) is 15.1 Å². The molecule has 0 radical (unpaired) electrons. The van der Waals surface area contributed by atoms with Crippen LogP contribution in [0.1, 0.15) is 38.5 Å². The van der Waals surface area contributed by atoms with Crippen molar-refractivity contribution in [3.63, 3.8) is 0 Å². The van der Waals surface area contributed by atoms with Gasteiger partial charge < -0.3 is 10.2 Å². The Morgan fingerprint density at radius 3 is 2.58 bits per heavy atom. The smallest absolute Gasteiger partial charge is 0.236 e. The standard InChI is InChI=1S/C15H27N3O/c19-15(17-10-7-16-8-11-17)12-18-9-3-5-13-4-1-2-6-14(13)18/h13-14,16H,1-12H2. The van der Waals surface area contributed by atoms with E-state index in [-0.39, 0.29) is 0 Å². The van der Waals surface area contributed by atoms with Crippen LogP contribution < -0.4 is 5.32 Å². The number of fused-ring (bicyclic) bond motifs is 1. The van der Waals surface area contributed by atoms with Crippen LogP contribution in [-0.2, 0) is 4.79 Å². The van der Waals surface area contributed by atoms with Crippen LogP contribution in [-0.4, -0.2) is 61.0 Å². The Morgan fingerprint density at radius 1 is 1.00 bits per heavy atom. The Labute approximate surface area is 116 Å². The molecule has 4 nitrogen and oxygen atoms in total. The number of hydrogen-bond donors (Lipinski definition) is 1. The Hall–Kier alpha value is -0.610. The summed E-state index contributed by atoms with van der Waals surface area (Å²) in [6, 6.07) is 0.703. The molecular weight excluding hydrogens is 238 g/mol. The van der Waals surface area contributed by atoms with Gasteiger partial charge in [-0.2, -0.15) is 0 Å². The molecule has 0 aromatic rings. The fourth-order valence-corrected chi connectivity index (χ4v) is 4.11. The third-order valence-corrected chi connectivity index (χ3v) is 5.17. The van der Waals surface area contributed by atoms with E-state index in [1.807, 2.05) is 4.90 Å². The van der Waals surface area contributed by atoms with Gasteiger partial charge >= 0.3 is 0 Å². The van der Waals surface area contributed by atoms with E-state index in [1.165, 1.54) is 38.5 Å². The molecule has 19 heavy (non-hydrogen) atoms. The fourth-order valence-electron chi connectivity index (χ4n) is 4.11. The number of amides is 1. The summed E-state index contributed by atoms with van der Waals surface area (Å²) in [7, 11) is 0. The molecule has 0 aromatic carbocycles. The van der Waals surface area contributed by atoms with Gasteiger partial charge in [0.2, 0.25) is 5.91 Å². The van der Waals surface area contributed by atoms with Crippen molar-refractivity contribution in [2.45, 2.75) is 44.6 Å². The van der Waals surface area contributed by atoms with E-state index in [0.717, 1.165) is 38.6 Å². The lowest BCUT2D eigenvalue weighted by Crippen LogP contribution is -2.53. The van der Waals surface area contributed by atoms with Gasteiger partial charge in [0.05, 0.1) is 6.54 Å². The molecule has 0 spiro atoms. The zero-order valence-corrected chi connectivity index (χ0v) is 11.9. The molecule has 2 saturated heterocycles. The average Bonchev–Trinajstić information content (AvgIpc) is 2.48. The van der Waals surface area contributed by atoms with Crippen molar-refractivity contribution in [2.24, 2.45) is 5.92 Å². The van der Waals surface area contributed by atoms with Crippen molar-refractivity contribution < 1.29 is 4.79 Å². The van der Waals surface area contributed by atoms with Crippen molar-refractivity contribution in [1.29, 1.82) is 0 Å². The number of hydrogen-bond acceptors (Lipinski definition) is 3. The molecule has 2 heterocycles. The summed E-state index contributed by atoms with van der Waals surface area (Å²) in [4.78, 5) is 16.9. The first kappa shape index (κ1) is 13.4. The predicted molar refractivity (Wildman–Crippen MR) is 76.0 cm³/mol. The van der Waals surface area contributed by atoms with Crippen LogP contribution in [0.25, 0.3) is 0 Å². The lowest BCUT2D eigenvalue weighted by molar-refractivity contribution is -0.134. The molecule has 1 amide bonds. The van der Waals surface area contributed by atoms with Crippen LogP contribution in [0, 0.1) is 5.92 Å². The molecule has 0 aromatic heterocycles. The van der Waals surface area contributed by atoms with E-state index in [2.05, 4.69) is 10.2 Å². The lowest BCUT2D eigenvalue weighted by atomic mass is 9.78. The molecular formula is C15H27N3O. The van der Waals surface area contributed by atoms with Crippen molar-refractivity contribution in [3.05, 3.63) is 0 Å². The van der Waals surface area contributed by atoms with Gasteiger partial charge in [-0.3, -0.25) is 9.69 Å². The van der Waals surface area contributed by atoms with Crippen LogP contribution in [0.5, 0.6) is 0 Å². The van der Waals surface area contributed by atoms with Crippen LogP contribution in [0.15, 0.2) is 0 Å². The van der Waals surface area contributed by atoms with E-state index < -0.39 is 0 Å². The molecule has 108 valence electrons. The minimum absolute atomic E-state index is 0.354. The highest BCUT2D eigenvalue weighted by Crippen LogP contribution is 2.35. The highest BCUT2D eigenvalue weighted by atomic mass is 16.2. The molecule has 1 aliphatic carbocycles. The highest BCUT2D eigenvalue weighted by molar-refractivity contribution is 5.78. The Kier molecular flexibility index (Phi) is 4.38. The monoisotopic (exact) mass is 265 g/mol. The Morgan fingerprint density at radius 2 is 1.74 bits per heavy atom. The van der Waals surface area contributed by atoms with E-state index in [0.29, 0.717) is 18.5 Å². The van der Waals surface area contributed by atoms with E-state index in [9.17, 15) is 4.79 Å². The third kappa shape index (κ3) is 3.11. The summed E-state index contributed by atoms with van der Waals surface area (Å²) < 4.78 is 0. The maximum Gasteiger partial charge on any atom is 0.236 e. The van der Waals surface area contributed by atoms with Gasteiger partial charge in [-0.25, -0.2) is 0 Å². The fraction of sp³-hybridized carbons (Fsp3) is 0.933. The molecule has 3 rings (SSSR count). The van der Waals surface area contributed by atoms with Gasteiger partial charge in [-0.1, -0.05) is 12.8 Å². The molecule has 0 bridgehead atoms. The Bertz CT molecular complexity index is 313. The molecule has 2 atom stereocenters. The molecule has 3 fully saturated rings. The summed E-state index contributed by atoms with van der Waals surface area (Å²) >= 11 is 0. The topological polar surface area (TPSA) is 35.6 Å². The second-order valence-electron chi connectivity index (χ2n) is 6.36. The summed E-state index contributed by atoms with van der Waals surface area (Å²) in [6.07, 6.45) is 8.15. The first-order valence-corrected chi connectivity index (χ1v) is 8.07. The molecule has 4 heteroatoms. The predicted octanol–water partition coefficient (Wildman–Crippen LogP) is 1.07. The quantitative estimate of drug-likeness (QED) is 0.811. The summed E-state index contributed by atoms with van der Waals surface area (Å²) in [5, 5.41) is 3.31. The van der Waals surface area contributed by atoms with Gasteiger partial charge in [-0.15, -0.1) is 0 Å². The zero-order valence-electron chi connectivity index (χ0n) is 11.9. The second-order valence-corrected chi connectivity index (χ2v) is 6.36. The van der Waals surface area contributed by atoms with Crippen molar-refractivity contribution in [2.75, 3.05) is 39.3 Å². The van der Waals surface area contributed by atoms with Gasteiger partial charge in [-0.05, 0) is 38.1 Å². The van der Waals surface area contributed by atoms with Crippen molar-refractivity contribution >= 4 is 5.91 Å². The van der Waals surface area contributed by atoms with E-state index in [1.54, 1.807) is 0 Å². The van der Waals surface area contributed by atoms with E-state index in [4.69, 9.17) is 0 Å². The normalized spacial score (nSPS) is 32.9. The SMILES string of the molecule is O=C(CN1CCCC2CCCCC21)N1CCNCC1. The largest absolute Gasteiger partial charge is 0.339 e. The van der Waals surface area contributed by atoms with Crippen molar-refractivity contribution in [3.8, 4) is 0 Å². The van der Waals surface area contributed by atoms with Crippen LogP contribution in [0.2, 0.25) is 0 Å². The minimum Gasteiger partial charge on any atom is -0.339 e. The van der Waals surface area contributed by atoms with Gasteiger partial charge in [0.1, 0.15) is 0 Å². The number of likely N-dealkylation sites (tertiary alicyclic amines) is 1. The minimum atomic E-state index is 0.354. The molecule has 2 unspecified atom stereocenters. The first-order chi connectivity index (χ1) is 9.34. The Balaban J connectivity index is 1.56. The number of carbonyl (C=O) groups is 1.